The number of anilines is 2. The third kappa shape index (κ3) is 6.46. The summed E-state index contributed by atoms with van der Waals surface area (Å²) in [6.07, 6.45) is 2.91. The van der Waals surface area contributed by atoms with Crippen molar-refractivity contribution in [3.8, 4) is 0 Å². The van der Waals surface area contributed by atoms with Gasteiger partial charge < -0.3 is 5.32 Å². The van der Waals surface area contributed by atoms with Crippen molar-refractivity contribution in [2.75, 3.05) is 4.90 Å². The van der Waals surface area contributed by atoms with Gasteiger partial charge in [0.15, 0.2) is 10.2 Å². The lowest BCUT2D eigenvalue weighted by molar-refractivity contribution is -0.117. The van der Waals surface area contributed by atoms with E-state index < -0.39 is 0 Å². The van der Waals surface area contributed by atoms with Crippen molar-refractivity contribution < 1.29 is 9.59 Å². The molecule has 0 bridgehead atoms. The fourth-order valence-electron chi connectivity index (χ4n) is 2.08. The van der Waals surface area contributed by atoms with Crippen molar-refractivity contribution in [1.29, 1.82) is 0 Å². The number of aromatic nitrogens is 1. The third-order valence-corrected chi connectivity index (χ3v) is 4.22. The maximum atomic E-state index is 12.0. The van der Waals surface area contributed by atoms with Crippen LogP contribution in [0.5, 0.6) is 0 Å². The van der Waals surface area contributed by atoms with Crippen LogP contribution in [0.1, 0.15) is 26.5 Å². The van der Waals surface area contributed by atoms with Crippen LogP contribution in [0.4, 0.5) is 10.8 Å². The van der Waals surface area contributed by atoms with E-state index in [1.54, 1.807) is 11.5 Å². The van der Waals surface area contributed by atoms with Crippen LogP contribution >= 0.6 is 23.6 Å². The molecule has 2 rings (SSSR count). The van der Waals surface area contributed by atoms with E-state index in [-0.39, 0.29) is 17.9 Å². The first-order chi connectivity index (χ1) is 12.9. The van der Waals surface area contributed by atoms with E-state index in [0.717, 1.165) is 5.69 Å². The molecule has 0 aliphatic heterocycles. The van der Waals surface area contributed by atoms with Crippen LogP contribution in [0.3, 0.4) is 0 Å². The largest absolute Gasteiger partial charge is 0.359 e. The van der Waals surface area contributed by atoms with Crippen molar-refractivity contribution in [1.82, 2.24) is 21.2 Å². The molecule has 2 aromatic rings. The highest BCUT2D eigenvalue weighted by molar-refractivity contribution is 7.80. The van der Waals surface area contributed by atoms with E-state index in [1.807, 2.05) is 44.2 Å². The minimum Gasteiger partial charge on any atom is -0.359 e. The predicted molar refractivity (Wildman–Crippen MR) is 113 cm³/mol. The maximum Gasteiger partial charge on any atom is 0.262 e. The quantitative estimate of drug-likeness (QED) is 0.404. The second-order valence-corrected chi connectivity index (χ2v) is 7.07. The Morgan fingerprint density at radius 1 is 1.22 bits per heavy atom. The maximum absolute atomic E-state index is 12.0. The van der Waals surface area contributed by atoms with E-state index in [4.69, 9.17) is 12.2 Å². The Kier molecular flexibility index (Phi) is 7.44. The SMILES string of the molecule is CC(=O)N(c1ccccc1)c1nc(/C=C/C(=O)NNC(=S)NC(C)C)cs1. The Morgan fingerprint density at radius 3 is 2.56 bits per heavy atom. The number of rotatable bonds is 5. The summed E-state index contributed by atoms with van der Waals surface area (Å²) in [7, 11) is 0. The molecule has 9 heteroatoms. The Hall–Kier alpha value is -2.78. The zero-order chi connectivity index (χ0) is 19.8. The Labute approximate surface area is 167 Å². The number of thiocarbonyl (C=S) groups is 1. The average Bonchev–Trinajstić information content (AvgIpc) is 3.07. The van der Waals surface area contributed by atoms with E-state index in [1.165, 1.54) is 29.2 Å². The molecule has 142 valence electrons. The van der Waals surface area contributed by atoms with Crippen molar-refractivity contribution >= 4 is 57.4 Å². The number of carbonyl (C=O) groups excluding carboxylic acids is 2. The second-order valence-electron chi connectivity index (χ2n) is 5.82. The number of hydrazine groups is 1. The number of nitrogens with one attached hydrogen (secondary N) is 3. The minimum atomic E-state index is -0.371. The summed E-state index contributed by atoms with van der Waals surface area (Å²) in [5.74, 6) is -0.511. The van der Waals surface area contributed by atoms with Crippen LogP contribution in [0, 0.1) is 0 Å². The standard InChI is InChI=1S/C18H21N5O2S2/c1-12(2)19-17(26)22-21-16(25)10-9-14-11-27-18(20-14)23(13(3)24)15-7-5-4-6-8-15/h4-12H,1-3H3,(H,21,25)(H2,19,22,26)/b10-9+. The second kappa shape index (κ2) is 9.79. The molecule has 0 unspecified atom stereocenters. The van der Waals surface area contributed by atoms with Gasteiger partial charge in [0.05, 0.1) is 11.4 Å². The summed E-state index contributed by atoms with van der Waals surface area (Å²) in [6.45, 7) is 5.36. The highest BCUT2D eigenvalue weighted by Gasteiger charge is 2.17. The summed E-state index contributed by atoms with van der Waals surface area (Å²) in [4.78, 5) is 29.8. The number of thiazole rings is 1. The summed E-state index contributed by atoms with van der Waals surface area (Å²) >= 11 is 6.34. The Balaban J connectivity index is 2.00. The van der Waals surface area contributed by atoms with Gasteiger partial charge in [-0.25, -0.2) is 4.98 Å². The van der Waals surface area contributed by atoms with Gasteiger partial charge in [-0.3, -0.25) is 25.3 Å². The lowest BCUT2D eigenvalue weighted by atomic mass is 10.3. The molecular formula is C18H21N5O2S2. The predicted octanol–water partition coefficient (Wildman–Crippen LogP) is 2.74. The molecule has 0 saturated heterocycles. The van der Waals surface area contributed by atoms with Crippen LogP contribution in [-0.2, 0) is 9.59 Å². The molecule has 27 heavy (non-hydrogen) atoms. The van der Waals surface area contributed by atoms with Gasteiger partial charge in [-0.15, -0.1) is 11.3 Å². The van der Waals surface area contributed by atoms with Gasteiger partial charge in [0.25, 0.3) is 5.91 Å². The number of para-hydroxylation sites is 1. The van der Waals surface area contributed by atoms with Gasteiger partial charge in [0, 0.05) is 24.4 Å². The number of amides is 2. The van der Waals surface area contributed by atoms with Crippen molar-refractivity contribution in [2.45, 2.75) is 26.8 Å². The summed E-state index contributed by atoms with van der Waals surface area (Å²) in [5, 5.41) is 5.59. The van der Waals surface area contributed by atoms with Gasteiger partial charge in [-0.05, 0) is 44.3 Å². The average molecular weight is 404 g/mol. The Morgan fingerprint density at radius 2 is 1.93 bits per heavy atom. The van der Waals surface area contributed by atoms with Gasteiger partial charge in [-0.2, -0.15) is 0 Å². The van der Waals surface area contributed by atoms with E-state index >= 15 is 0 Å². The molecule has 1 aromatic carbocycles. The first-order valence-electron chi connectivity index (χ1n) is 8.22. The number of carbonyl (C=O) groups is 2. The first kappa shape index (κ1) is 20.5. The summed E-state index contributed by atoms with van der Waals surface area (Å²) in [5.41, 5.74) is 6.39. The summed E-state index contributed by atoms with van der Waals surface area (Å²) in [6, 6.07) is 9.44. The molecule has 1 heterocycles. The van der Waals surface area contributed by atoms with Crippen LogP contribution in [0.25, 0.3) is 6.08 Å². The molecule has 0 aliphatic carbocycles. The topological polar surface area (TPSA) is 86.4 Å². The van der Waals surface area contributed by atoms with Crippen molar-refractivity contribution in [3.05, 3.63) is 47.5 Å². The zero-order valence-corrected chi connectivity index (χ0v) is 16.9. The minimum absolute atomic E-state index is 0.140. The molecule has 2 amide bonds. The third-order valence-electron chi connectivity index (χ3n) is 3.15. The monoisotopic (exact) mass is 403 g/mol. The lowest BCUT2D eigenvalue weighted by Crippen LogP contribution is -2.48. The fourth-order valence-corrected chi connectivity index (χ4v) is 3.22. The van der Waals surface area contributed by atoms with Gasteiger partial charge in [0.2, 0.25) is 5.91 Å². The molecule has 0 radical (unpaired) electrons. The van der Waals surface area contributed by atoms with Crippen molar-refractivity contribution in [3.63, 3.8) is 0 Å². The lowest BCUT2D eigenvalue weighted by Gasteiger charge is -2.17. The molecule has 0 spiro atoms. The van der Waals surface area contributed by atoms with Crippen LogP contribution in [-0.4, -0.2) is 28.0 Å². The molecular weight excluding hydrogens is 382 g/mol. The van der Waals surface area contributed by atoms with Gasteiger partial charge in [-0.1, -0.05) is 18.2 Å². The van der Waals surface area contributed by atoms with E-state index in [9.17, 15) is 9.59 Å². The number of hydrogen-bond acceptors (Lipinski definition) is 5. The molecule has 0 fully saturated rings. The van der Waals surface area contributed by atoms with Crippen LogP contribution < -0.4 is 21.1 Å². The highest BCUT2D eigenvalue weighted by atomic mass is 32.1. The zero-order valence-electron chi connectivity index (χ0n) is 15.2. The molecule has 0 aliphatic rings. The Bertz CT molecular complexity index is 833. The smallest absolute Gasteiger partial charge is 0.262 e. The molecule has 3 N–H and O–H groups in total. The fraction of sp³-hybridized carbons (Fsp3) is 0.222. The number of benzene rings is 1. The van der Waals surface area contributed by atoms with Crippen LogP contribution in [0.2, 0.25) is 0 Å². The molecule has 1 aromatic heterocycles. The summed E-state index contributed by atoms with van der Waals surface area (Å²) < 4.78 is 0. The van der Waals surface area contributed by atoms with Gasteiger partial charge in [0.1, 0.15) is 0 Å². The van der Waals surface area contributed by atoms with E-state index in [0.29, 0.717) is 15.9 Å². The van der Waals surface area contributed by atoms with Crippen molar-refractivity contribution in [2.24, 2.45) is 0 Å². The van der Waals surface area contributed by atoms with Crippen LogP contribution in [0.15, 0.2) is 41.8 Å². The highest BCUT2D eigenvalue weighted by Crippen LogP contribution is 2.28. The molecule has 0 saturated carbocycles. The number of hydrogen-bond donors (Lipinski definition) is 3. The number of nitrogens with zero attached hydrogens (tertiary/aromatic N) is 2. The molecule has 0 atom stereocenters. The normalized spacial score (nSPS) is 10.7. The van der Waals surface area contributed by atoms with E-state index in [2.05, 4.69) is 21.2 Å². The van der Waals surface area contributed by atoms with Gasteiger partial charge >= 0.3 is 0 Å². The first-order valence-corrected chi connectivity index (χ1v) is 9.51. The molecule has 7 nitrogen and oxygen atoms in total.